The van der Waals surface area contributed by atoms with Gasteiger partial charge in [-0.15, -0.1) is 0 Å². The lowest BCUT2D eigenvalue weighted by atomic mass is 10.00. The smallest absolute Gasteiger partial charge is 0.323 e. The average molecular weight is 273 g/mol. The topological polar surface area (TPSA) is 59.8 Å². The quantitative estimate of drug-likeness (QED) is 0.636. The number of fused-ring (bicyclic) bond motifs is 2. The molecule has 0 aliphatic carbocycles. The molecule has 5 heteroatoms. The molecule has 1 aromatic heterocycles. The molecule has 0 fully saturated rings. The van der Waals surface area contributed by atoms with E-state index in [1.165, 1.54) is 0 Å². The predicted molar refractivity (Wildman–Crippen MR) is 73.6 cm³/mol. The van der Waals surface area contributed by atoms with Gasteiger partial charge in [-0.3, -0.25) is 9.59 Å². The molecular formula is C15H15NO4. The number of carbonyl (C=O) groups excluding carboxylic acids is 2. The molecular weight excluding hydrogens is 258 g/mol. The number of hydrogen-bond acceptors (Lipinski definition) is 4. The van der Waals surface area contributed by atoms with Crippen molar-refractivity contribution in [3.05, 3.63) is 30.0 Å². The number of esters is 1. The lowest BCUT2D eigenvalue weighted by Crippen LogP contribution is -2.32. The first-order chi connectivity index (χ1) is 9.67. The molecule has 1 aromatic carbocycles. The summed E-state index contributed by atoms with van der Waals surface area (Å²) in [7, 11) is 0. The molecule has 0 spiro atoms. The molecule has 0 radical (unpaired) electrons. The minimum Gasteiger partial charge on any atom is -0.465 e. The normalized spacial score (nSPS) is 17.6. The Morgan fingerprint density at radius 3 is 2.90 bits per heavy atom. The van der Waals surface area contributed by atoms with Gasteiger partial charge < -0.3 is 14.1 Å². The third-order valence-electron chi connectivity index (χ3n) is 3.56. The van der Waals surface area contributed by atoms with Crippen LogP contribution in [0.2, 0.25) is 0 Å². The number of benzene rings is 1. The molecule has 104 valence electrons. The standard InChI is InChI=1S/C15H15NO4/c1-3-16-11-7-9-5-6-20-12(9)8-10(11)13(14(16)17)15(18)19-4-2/h5-8,13H,3-4H2,1-2H3/t13-/m0/s1. The van der Waals surface area contributed by atoms with E-state index in [0.717, 1.165) is 11.1 Å². The maximum absolute atomic E-state index is 12.4. The van der Waals surface area contributed by atoms with E-state index in [1.54, 1.807) is 24.2 Å². The van der Waals surface area contributed by atoms with E-state index in [4.69, 9.17) is 9.15 Å². The summed E-state index contributed by atoms with van der Waals surface area (Å²) in [5.41, 5.74) is 2.10. The van der Waals surface area contributed by atoms with Gasteiger partial charge >= 0.3 is 5.97 Å². The van der Waals surface area contributed by atoms with Gasteiger partial charge in [0, 0.05) is 23.2 Å². The number of ether oxygens (including phenoxy) is 1. The maximum atomic E-state index is 12.4. The molecule has 1 amide bonds. The second-order valence-corrected chi connectivity index (χ2v) is 4.64. The fraction of sp³-hybridized carbons (Fsp3) is 0.333. The van der Waals surface area contributed by atoms with E-state index in [9.17, 15) is 9.59 Å². The Morgan fingerprint density at radius 1 is 1.40 bits per heavy atom. The lowest BCUT2D eigenvalue weighted by Gasteiger charge is -2.14. The van der Waals surface area contributed by atoms with Crippen LogP contribution in [0.15, 0.2) is 28.9 Å². The minimum atomic E-state index is -0.876. The molecule has 0 saturated heterocycles. The summed E-state index contributed by atoms with van der Waals surface area (Å²) in [6.07, 6.45) is 1.59. The monoisotopic (exact) mass is 273 g/mol. The van der Waals surface area contributed by atoms with Crippen LogP contribution in [0.1, 0.15) is 25.3 Å². The number of furan rings is 1. The van der Waals surface area contributed by atoms with E-state index >= 15 is 0 Å². The van der Waals surface area contributed by atoms with Crippen molar-refractivity contribution < 1.29 is 18.7 Å². The second-order valence-electron chi connectivity index (χ2n) is 4.64. The molecule has 5 nitrogen and oxygen atoms in total. The second kappa shape index (κ2) is 4.67. The molecule has 20 heavy (non-hydrogen) atoms. The van der Waals surface area contributed by atoms with Crippen LogP contribution >= 0.6 is 0 Å². The van der Waals surface area contributed by atoms with Gasteiger partial charge in [-0.2, -0.15) is 0 Å². The Kier molecular flexibility index (Phi) is 2.97. The van der Waals surface area contributed by atoms with Crippen molar-refractivity contribution in [2.75, 3.05) is 18.1 Å². The van der Waals surface area contributed by atoms with Gasteiger partial charge in [-0.05, 0) is 32.0 Å². The minimum absolute atomic E-state index is 0.228. The Bertz CT molecular complexity index is 688. The third kappa shape index (κ3) is 1.70. The molecule has 0 N–H and O–H groups in total. The first-order valence-electron chi connectivity index (χ1n) is 6.66. The molecule has 3 rings (SSSR count). The van der Waals surface area contributed by atoms with Gasteiger partial charge in [-0.1, -0.05) is 0 Å². The van der Waals surface area contributed by atoms with Crippen LogP contribution in [0, 0.1) is 0 Å². The Morgan fingerprint density at radius 2 is 2.20 bits per heavy atom. The van der Waals surface area contributed by atoms with Gasteiger partial charge in [-0.25, -0.2) is 0 Å². The summed E-state index contributed by atoms with van der Waals surface area (Å²) in [4.78, 5) is 26.1. The van der Waals surface area contributed by atoms with Crippen molar-refractivity contribution in [2.24, 2.45) is 0 Å². The number of carbonyl (C=O) groups is 2. The number of amides is 1. The summed E-state index contributed by atoms with van der Waals surface area (Å²) in [5, 5.41) is 0.916. The summed E-state index contributed by atoms with van der Waals surface area (Å²) in [6, 6.07) is 5.49. The molecule has 2 heterocycles. The van der Waals surface area contributed by atoms with Gasteiger partial charge in [0.25, 0.3) is 0 Å². The number of likely N-dealkylation sites (N-methyl/N-ethyl adjacent to an activating group) is 1. The fourth-order valence-electron chi connectivity index (χ4n) is 2.67. The number of hydrogen-bond donors (Lipinski definition) is 0. The van der Waals surface area contributed by atoms with E-state index in [2.05, 4.69) is 0 Å². The van der Waals surface area contributed by atoms with Crippen LogP contribution in [0.5, 0.6) is 0 Å². The highest BCUT2D eigenvalue weighted by molar-refractivity contribution is 6.17. The largest absolute Gasteiger partial charge is 0.465 e. The van der Waals surface area contributed by atoms with Gasteiger partial charge in [0.2, 0.25) is 5.91 Å². The zero-order valence-electron chi connectivity index (χ0n) is 11.4. The molecule has 1 atom stereocenters. The highest BCUT2D eigenvalue weighted by Gasteiger charge is 2.42. The van der Waals surface area contributed by atoms with Gasteiger partial charge in [0.05, 0.1) is 12.9 Å². The van der Waals surface area contributed by atoms with Crippen LogP contribution < -0.4 is 4.90 Å². The lowest BCUT2D eigenvalue weighted by molar-refractivity contribution is -0.147. The van der Waals surface area contributed by atoms with Gasteiger partial charge in [0.15, 0.2) is 5.92 Å². The Labute approximate surface area is 116 Å². The summed E-state index contributed by atoms with van der Waals surface area (Å²) < 4.78 is 10.4. The average Bonchev–Trinajstić information content (AvgIpc) is 2.97. The fourth-order valence-corrected chi connectivity index (χ4v) is 2.67. The molecule has 1 aliphatic heterocycles. The zero-order valence-corrected chi connectivity index (χ0v) is 11.4. The van der Waals surface area contributed by atoms with Crippen LogP contribution in [0.4, 0.5) is 5.69 Å². The molecule has 0 bridgehead atoms. The van der Waals surface area contributed by atoms with E-state index in [0.29, 0.717) is 17.7 Å². The van der Waals surface area contributed by atoms with Crippen LogP contribution in [0.25, 0.3) is 11.0 Å². The highest BCUT2D eigenvalue weighted by atomic mass is 16.5. The summed E-state index contributed by atoms with van der Waals surface area (Å²) in [6.45, 7) is 4.39. The zero-order chi connectivity index (χ0) is 14.3. The highest BCUT2D eigenvalue weighted by Crippen LogP contribution is 2.40. The molecule has 0 unspecified atom stereocenters. The third-order valence-corrected chi connectivity index (χ3v) is 3.56. The maximum Gasteiger partial charge on any atom is 0.323 e. The van der Waals surface area contributed by atoms with Crippen LogP contribution in [-0.4, -0.2) is 25.0 Å². The van der Waals surface area contributed by atoms with E-state index in [-0.39, 0.29) is 12.5 Å². The number of anilines is 1. The summed E-state index contributed by atoms with van der Waals surface area (Å²) >= 11 is 0. The summed E-state index contributed by atoms with van der Waals surface area (Å²) in [5.74, 6) is -1.60. The van der Waals surface area contributed by atoms with Crippen molar-refractivity contribution >= 4 is 28.5 Å². The van der Waals surface area contributed by atoms with E-state index in [1.807, 2.05) is 19.1 Å². The number of rotatable bonds is 3. The molecule has 0 saturated carbocycles. The Balaban J connectivity index is 2.16. The predicted octanol–water partition coefficient (Wildman–Crippen LogP) is 2.45. The van der Waals surface area contributed by atoms with Crippen molar-refractivity contribution in [3.8, 4) is 0 Å². The van der Waals surface area contributed by atoms with E-state index < -0.39 is 11.9 Å². The number of nitrogens with zero attached hydrogens (tertiary/aromatic N) is 1. The molecule has 2 aromatic rings. The van der Waals surface area contributed by atoms with Gasteiger partial charge in [0.1, 0.15) is 5.58 Å². The SMILES string of the molecule is CCOC(=O)[C@@H]1C(=O)N(CC)c2cc3ccoc3cc21. The van der Waals surface area contributed by atoms with Crippen molar-refractivity contribution in [3.63, 3.8) is 0 Å². The first kappa shape index (κ1) is 12.7. The first-order valence-corrected chi connectivity index (χ1v) is 6.66. The molecule has 1 aliphatic rings. The van der Waals surface area contributed by atoms with Crippen molar-refractivity contribution in [2.45, 2.75) is 19.8 Å². The van der Waals surface area contributed by atoms with Crippen molar-refractivity contribution in [1.82, 2.24) is 0 Å². The van der Waals surface area contributed by atoms with Crippen LogP contribution in [-0.2, 0) is 14.3 Å². The van der Waals surface area contributed by atoms with Crippen molar-refractivity contribution in [1.29, 1.82) is 0 Å². The Hall–Kier alpha value is -2.30. The van der Waals surface area contributed by atoms with Crippen LogP contribution in [0.3, 0.4) is 0 Å².